The molecular weight excluding hydrogens is 300 g/mol. The Bertz CT molecular complexity index is 694. The van der Waals surface area contributed by atoms with Gasteiger partial charge >= 0.3 is 0 Å². The quantitative estimate of drug-likeness (QED) is 0.858. The van der Waals surface area contributed by atoms with Gasteiger partial charge in [-0.1, -0.05) is 31.5 Å². The first-order chi connectivity index (χ1) is 11.7. The number of nitrogens with zero attached hydrogens (tertiary/aromatic N) is 2. The highest BCUT2D eigenvalue weighted by Crippen LogP contribution is 2.26. The largest absolute Gasteiger partial charge is 0.371 e. The molecule has 0 radical (unpaired) electrons. The third-order valence-electron chi connectivity index (χ3n) is 4.68. The summed E-state index contributed by atoms with van der Waals surface area (Å²) in [5.74, 6) is 0.408. The summed E-state index contributed by atoms with van der Waals surface area (Å²) in [5, 5.41) is 10.1. The molecule has 128 valence electrons. The van der Waals surface area contributed by atoms with Crippen LogP contribution >= 0.6 is 0 Å². The van der Waals surface area contributed by atoms with E-state index in [-0.39, 0.29) is 5.91 Å². The lowest BCUT2D eigenvalue weighted by Gasteiger charge is -2.21. The normalized spacial score (nSPS) is 17.2. The number of aromatic amines is 1. The van der Waals surface area contributed by atoms with Crippen LogP contribution in [-0.2, 0) is 6.42 Å². The molecule has 1 atom stereocenters. The number of carbonyl (C=O) groups is 1. The number of carbonyl (C=O) groups excluding carboxylic acids is 1. The maximum Gasteiger partial charge on any atom is 0.271 e. The summed E-state index contributed by atoms with van der Waals surface area (Å²) in [6.07, 6.45) is 3.07. The van der Waals surface area contributed by atoms with Crippen molar-refractivity contribution >= 4 is 11.6 Å². The van der Waals surface area contributed by atoms with E-state index in [1.54, 1.807) is 0 Å². The fourth-order valence-electron chi connectivity index (χ4n) is 3.34. The molecule has 1 aromatic carbocycles. The second-order valence-corrected chi connectivity index (χ2v) is 6.63. The van der Waals surface area contributed by atoms with Crippen LogP contribution in [0.15, 0.2) is 30.3 Å². The molecule has 1 amide bonds. The lowest BCUT2D eigenvalue weighted by atomic mass is 10.1. The molecule has 0 saturated carbocycles. The first-order valence-corrected chi connectivity index (χ1v) is 8.80. The summed E-state index contributed by atoms with van der Waals surface area (Å²) in [5.41, 5.74) is 4.13. The number of hydrogen-bond donors (Lipinski definition) is 2. The van der Waals surface area contributed by atoms with E-state index in [0.717, 1.165) is 38.0 Å². The van der Waals surface area contributed by atoms with E-state index >= 15 is 0 Å². The van der Waals surface area contributed by atoms with Crippen LogP contribution in [0.3, 0.4) is 0 Å². The van der Waals surface area contributed by atoms with Crippen molar-refractivity contribution < 1.29 is 4.79 Å². The number of nitrogens with one attached hydrogen (secondary N) is 2. The van der Waals surface area contributed by atoms with Crippen LogP contribution in [0, 0.1) is 12.8 Å². The average molecular weight is 326 g/mol. The van der Waals surface area contributed by atoms with Crippen molar-refractivity contribution in [1.29, 1.82) is 0 Å². The number of benzene rings is 1. The lowest BCUT2D eigenvalue weighted by molar-refractivity contribution is 0.0943. The molecule has 5 heteroatoms. The molecule has 2 N–H and O–H groups in total. The number of para-hydroxylation sites is 1. The van der Waals surface area contributed by atoms with Crippen molar-refractivity contribution in [3.05, 3.63) is 47.3 Å². The van der Waals surface area contributed by atoms with Gasteiger partial charge in [0.1, 0.15) is 5.69 Å². The third-order valence-corrected chi connectivity index (χ3v) is 4.68. The van der Waals surface area contributed by atoms with Gasteiger partial charge in [0.05, 0.1) is 0 Å². The summed E-state index contributed by atoms with van der Waals surface area (Å²) in [6.45, 7) is 7.01. The zero-order chi connectivity index (χ0) is 16.9. The van der Waals surface area contributed by atoms with Crippen LogP contribution in [0.4, 0.5) is 5.69 Å². The van der Waals surface area contributed by atoms with Gasteiger partial charge in [-0.25, -0.2) is 0 Å². The summed E-state index contributed by atoms with van der Waals surface area (Å²) in [6, 6.07) is 10.3. The topological polar surface area (TPSA) is 61.0 Å². The van der Waals surface area contributed by atoms with E-state index < -0.39 is 0 Å². The predicted octanol–water partition coefficient (Wildman–Crippen LogP) is 2.93. The van der Waals surface area contributed by atoms with Gasteiger partial charge < -0.3 is 10.2 Å². The standard InChI is InChI=1S/C19H26N4O/c1-3-6-16-11-17(22-21-16)19(24)20-12-15-9-10-23(13-15)18-8-5-4-7-14(18)2/h4-5,7-8,11,15H,3,6,9-10,12-13H2,1-2H3,(H,20,24)(H,21,22)/t15-/m1/s1. The van der Waals surface area contributed by atoms with E-state index in [0.29, 0.717) is 18.2 Å². The molecular formula is C19H26N4O. The molecule has 1 fully saturated rings. The van der Waals surface area contributed by atoms with Crippen LogP contribution in [0.1, 0.15) is 41.5 Å². The molecule has 0 spiro atoms. The molecule has 24 heavy (non-hydrogen) atoms. The predicted molar refractivity (Wildman–Crippen MR) is 96.4 cm³/mol. The SMILES string of the molecule is CCCc1cc(C(=O)NC[C@H]2CCN(c3ccccc3C)C2)n[nH]1. The highest BCUT2D eigenvalue weighted by Gasteiger charge is 2.24. The molecule has 2 aromatic rings. The van der Waals surface area contributed by atoms with Gasteiger partial charge in [0.15, 0.2) is 0 Å². The molecule has 1 saturated heterocycles. The van der Waals surface area contributed by atoms with E-state index in [9.17, 15) is 4.79 Å². The molecule has 1 aliphatic heterocycles. The Balaban J connectivity index is 1.50. The summed E-state index contributed by atoms with van der Waals surface area (Å²) in [7, 11) is 0. The minimum Gasteiger partial charge on any atom is -0.371 e. The minimum absolute atomic E-state index is 0.0806. The number of H-pyrrole nitrogens is 1. The summed E-state index contributed by atoms with van der Waals surface area (Å²) in [4.78, 5) is 14.6. The fraction of sp³-hybridized carbons (Fsp3) is 0.474. The molecule has 5 nitrogen and oxygen atoms in total. The maximum absolute atomic E-state index is 12.2. The van der Waals surface area contributed by atoms with E-state index in [1.165, 1.54) is 11.3 Å². The van der Waals surface area contributed by atoms with Crippen LogP contribution in [0.25, 0.3) is 0 Å². The number of anilines is 1. The fourth-order valence-corrected chi connectivity index (χ4v) is 3.34. The average Bonchev–Trinajstić information content (AvgIpc) is 3.23. The van der Waals surface area contributed by atoms with Gasteiger partial charge in [-0.3, -0.25) is 9.89 Å². The smallest absolute Gasteiger partial charge is 0.271 e. The van der Waals surface area contributed by atoms with E-state index in [4.69, 9.17) is 0 Å². The molecule has 1 aromatic heterocycles. The summed E-state index contributed by atoms with van der Waals surface area (Å²) >= 11 is 0. The third kappa shape index (κ3) is 3.78. The van der Waals surface area contributed by atoms with Gasteiger partial charge in [0.2, 0.25) is 0 Å². The van der Waals surface area contributed by atoms with Gasteiger partial charge in [-0.05, 0) is 43.4 Å². The Morgan fingerprint density at radius 1 is 1.42 bits per heavy atom. The number of hydrogen-bond acceptors (Lipinski definition) is 3. The Morgan fingerprint density at radius 3 is 3.04 bits per heavy atom. The Hall–Kier alpha value is -2.30. The first kappa shape index (κ1) is 16.6. The monoisotopic (exact) mass is 326 g/mol. The second kappa shape index (κ2) is 7.51. The molecule has 0 unspecified atom stereocenters. The van der Waals surface area contributed by atoms with Crippen LogP contribution in [0.2, 0.25) is 0 Å². The van der Waals surface area contributed by atoms with Crippen molar-refractivity contribution in [2.24, 2.45) is 5.92 Å². The molecule has 1 aliphatic rings. The first-order valence-electron chi connectivity index (χ1n) is 8.80. The van der Waals surface area contributed by atoms with Gasteiger partial charge in [0.25, 0.3) is 5.91 Å². The molecule has 2 heterocycles. The van der Waals surface area contributed by atoms with Gasteiger partial charge in [-0.2, -0.15) is 5.10 Å². The minimum atomic E-state index is -0.0806. The number of aromatic nitrogens is 2. The van der Waals surface area contributed by atoms with Gasteiger partial charge in [0, 0.05) is 31.0 Å². The highest BCUT2D eigenvalue weighted by molar-refractivity contribution is 5.92. The summed E-state index contributed by atoms with van der Waals surface area (Å²) < 4.78 is 0. The van der Waals surface area contributed by atoms with Crippen LogP contribution < -0.4 is 10.2 Å². The number of aryl methyl sites for hydroxylation is 2. The molecule has 0 aliphatic carbocycles. The number of amides is 1. The zero-order valence-corrected chi connectivity index (χ0v) is 14.5. The van der Waals surface area contributed by atoms with Crippen molar-refractivity contribution in [3.8, 4) is 0 Å². The number of rotatable bonds is 6. The zero-order valence-electron chi connectivity index (χ0n) is 14.5. The molecule has 3 rings (SSSR count). The Labute approximate surface area is 143 Å². The van der Waals surface area contributed by atoms with Crippen molar-refractivity contribution in [1.82, 2.24) is 15.5 Å². The highest BCUT2D eigenvalue weighted by atomic mass is 16.1. The molecule has 0 bridgehead atoms. The van der Waals surface area contributed by atoms with Crippen LogP contribution in [-0.4, -0.2) is 35.7 Å². The maximum atomic E-state index is 12.2. The van der Waals surface area contributed by atoms with E-state index in [1.807, 2.05) is 6.07 Å². The lowest BCUT2D eigenvalue weighted by Crippen LogP contribution is -2.31. The van der Waals surface area contributed by atoms with Crippen molar-refractivity contribution in [2.45, 2.75) is 33.1 Å². The second-order valence-electron chi connectivity index (χ2n) is 6.63. The van der Waals surface area contributed by atoms with E-state index in [2.05, 4.69) is 58.5 Å². The Kier molecular flexibility index (Phi) is 5.18. The van der Waals surface area contributed by atoms with Gasteiger partial charge in [-0.15, -0.1) is 0 Å². The van der Waals surface area contributed by atoms with Crippen molar-refractivity contribution in [2.75, 3.05) is 24.5 Å². The Morgan fingerprint density at radius 2 is 2.25 bits per heavy atom. The van der Waals surface area contributed by atoms with Crippen molar-refractivity contribution in [3.63, 3.8) is 0 Å². The van der Waals surface area contributed by atoms with Crippen LogP contribution in [0.5, 0.6) is 0 Å².